The summed E-state index contributed by atoms with van der Waals surface area (Å²) in [5.41, 5.74) is 1.25. The second-order valence-corrected chi connectivity index (χ2v) is 17.2. The molecule has 0 spiro atoms. The van der Waals surface area contributed by atoms with Crippen LogP contribution in [0, 0.1) is 51.2 Å². The van der Waals surface area contributed by atoms with Crippen LogP contribution in [0.4, 0.5) is 4.79 Å². The van der Waals surface area contributed by atoms with Gasteiger partial charge >= 0.3 is 12.1 Å². The molecule has 4 aliphatic carbocycles. The first-order valence-corrected chi connectivity index (χ1v) is 18.7. The van der Waals surface area contributed by atoms with Gasteiger partial charge in [-0.25, -0.2) is 9.59 Å². The van der Waals surface area contributed by atoms with Crippen molar-refractivity contribution in [2.45, 2.75) is 138 Å². The molecule has 0 aliphatic heterocycles. The van der Waals surface area contributed by atoms with E-state index in [0.717, 1.165) is 43.4 Å². The van der Waals surface area contributed by atoms with E-state index in [1.807, 2.05) is 27.0 Å². The Morgan fingerprint density at radius 2 is 1.74 bits per heavy atom. The summed E-state index contributed by atoms with van der Waals surface area (Å²) in [7, 11) is 0. The van der Waals surface area contributed by atoms with Crippen LogP contribution in [0.15, 0.2) is 11.6 Å². The number of hydrogen-bond acceptors (Lipinski definition) is 7. The number of rotatable bonds is 15. The number of fused-ring (bicyclic) bond motifs is 5. The third kappa shape index (κ3) is 8.81. The smallest absolute Gasteiger partial charge is 0.407 e. The van der Waals surface area contributed by atoms with E-state index >= 15 is 0 Å². The Balaban J connectivity index is 1.24. The highest BCUT2D eigenvalue weighted by atomic mass is 16.6. The van der Waals surface area contributed by atoms with Crippen molar-refractivity contribution in [3.63, 3.8) is 0 Å². The van der Waals surface area contributed by atoms with E-state index in [1.54, 1.807) is 0 Å². The molecule has 3 saturated carbocycles. The van der Waals surface area contributed by atoms with Gasteiger partial charge < -0.3 is 29.7 Å². The van der Waals surface area contributed by atoms with E-state index in [2.05, 4.69) is 46.0 Å². The molecule has 0 aromatic carbocycles. The molecular weight excluding hydrogens is 592 g/mol. The van der Waals surface area contributed by atoms with Crippen LogP contribution in [0.2, 0.25) is 0 Å². The largest absolute Gasteiger partial charge is 0.458 e. The van der Waals surface area contributed by atoms with Gasteiger partial charge in [0.1, 0.15) is 18.3 Å². The number of ether oxygens (including phenoxy) is 4. The molecule has 2 N–H and O–H groups in total. The van der Waals surface area contributed by atoms with Crippen LogP contribution >= 0.6 is 0 Å². The molecule has 268 valence electrons. The van der Waals surface area contributed by atoms with Gasteiger partial charge in [-0.3, -0.25) is 0 Å². The van der Waals surface area contributed by atoms with Gasteiger partial charge in [-0.1, -0.05) is 65.5 Å². The molecular formula is C39H66N2O6. The van der Waals surface area contributed by atoms with Crippen LogP contribution in [0.3, 0.4) is 0 Å². The molecule has 3 fully saturated rings. The van der Waals surface area contributed by atoms with Crippen LogP contribution in [0.25, 0.3) is 0 Å². The van der Waals surface area contributed by atoms with Crippen LogP contribution in [0.1, 0.15) is 126 Å². The normalized spacial score (nSPS) is 34.0. The molecule has 8 nitrogen and oxygen atoms in total. The first-order chi connectivity index (χ1) is 22.1. The summed E-state index contributed by atoms with van der Waals surface area (Å²) in [6.07, 6.45) is 16.5. The van der Waals surface area contributed by atoms with Gasteiger partial charge in [0.25, 0.3) is 0 Å². The third-order valence-corrected chi connectivity index (χ3v) is 12.5. The highest BCUT2D eigenvalue weighted by Crippen LogP contribution is 2.71. The van der Waals surface area contributed by atoms with Crippen molar-refractivity contribution in [2.24, 2.45) is 45.8 Å². The van der Waals surface area contributed by atoms with Crippen molar-refractivity contribution in [3.8, 4) is 0 Å². The maximum Gasteiger partial charge on any atom is 0.407 e. The molecule has 0 saturated heterocycles. The van der Waals surface area contributed by atoms with Gasteiger partial charge in [-0.05, 0) is 106 Å². The molecule has 4 aliphatic rings. The molecule has 0 aromatic rings. The molecule has 0 heterocycles. The zero-order valence-corrected chi connectivity index (χ0v) is 30.9. The van der Waals surface area contributed by atoms with Gasteiger partial charge in [0, 0.05) is 24.6 Å². The Morgan fingerprint density at radius 1 is 1.00 bits per heavy atom. The predicted molar refractivity (Wildman–Crippen MR) is 187 cm³/mol. The Bertz CT molecular complexity index is 1120. The van der Waals surface area contributed by atoms with Gasteiger partial charge in [-0.15, -0.1) is 0 Å². The lowest BCUT2D eigenvalue weighted by Crippen LogP contribution is -2.58. The number of nitrogens with one attached hydrogen (secondary N) is 2. The number of amides is 1. The number of esters is 1. The Kier molecular flexibility index (Phi) is 12.7. The first-order valence-electron chi connectivity index (χ1n) is 18.7. The highest BCUT2D eigenvalue weighted by molar-refractivity contribution is 5.71. The molecule has 1 amide bonds. The third-order valence-electron chi connectivity index (χ3n) is 12.5. The fraction of sp³-hybridized carbons (Fsp3) is 0.872. The standard InChI is InChI=1S/C39H66N2O6/c1-27(2)10-9-11-28(3)31-12-13-32-38(31,8)18-16-33-37(7)17-15-30(24-29(37)14-19-39(32,33)26-40)46-35(43)41-20-21-44-22-23-45-25-34(42)47-36(4,5)6/h14,26-28,30-33,40H,9-13,15-25H2,1-8H3,(H,41,43)/t28?,30-,31?,32+,33+,37-,38+,39?/m0/s1. The van der Waals surface area contributed by atoms with Gasteiger partial charge in [0.2, 0.25) is 0 Å². The Hall–Kier alpha value is -1.93. The second-order valence-electron chi connectivity index (χ2n) is 17.2. The zero-order valence-electron chi connectivity index (χ0n) is 30.9. The fourth-order valence-corrected chi connectivity index (χ4v) is 10.4. The quantitative estimate of drug-likeness (QED) is 0.0791. The summed E-state index contributed by atoms with van der Waals surface area (Å²) in [6.45, 7) is 18.9. The SMILES string of the molecule is CC(C)CCCC(C)C1CC[C@H]2C3(C=N)CC=C4C[C@@H](OC(=O)NCCOCCOCC(=O)OC(C)(C)C)CC[C@]4(C)[C@H]3CC[C@]12C. The van der Waals surface area contributed by atoms with Crippen molar-refractivity contribution in [1.29, 1.82) is 5.41 Å². The summed E-state index contributed by atoms with van der Waals surface area (Å²) >= 11 is 0. The van der Waals surface area contributed by atoms with Crippen molar-refractivity contribution in [1.82, 2.24) is 5.32 Å². The van der Waals surface area contributed by atoms with E-state index in [0.29, 0.717) is 37.0 Å². The Morgan fingerprint density at radius 3 is 2.45 bits per heavy atom. The lowest BCUT2D eigenvalue weighted by molar-refractivity contribution is -0.160. The maximum atomic E-state index is 12.6. The average molecular weight is 659 g/mol. The molecule has 0 radical (unpaired) electrons. The molecule has 8 heteroatoms. The molecule has 0 bridgehead atoms. The van der Waals surface area contributed by atoms with Crippen LogP contribution in [-0.4, -0.2) is 63.0 Å². The minimum Gasteiger partial charge on any atom is -0.458 e. The maximum absolute atomic E-state index is 12.6. The molecule has 8 atom stereocenters. The van der Waals surface area contributed by atoms with Crippen LogP contribution in [0.5, 0.6) is 0 Å². The lowest BCUT2D eigenvalue weighted by Gasteiger charge is -2.63. The monoisotopic (exact) mass is 658 g/mol. The van der Waals surface area contributed by atoms with Gasteiger partial charge in [0.05, 0.1) is 19.8 Å². The van der Waals surface area contributed by atoms with E-state index in [9.17, 15) is 9.59 Å². The topological polar surface area (TPSA) is 107 Å². The van der Waals surface area contributed by atoms with Crippen LogP contribution < -0.4 is 5.32 Å². The van der Waals surface area contributed by atoms with E-state index in [-0.39, 0.29) is 30.1 Å². The number of alkyl carbamates (subject to hydrolysis) is 1. The van der Waals surface area contributed by atoms with Crippen molar-refractivity contribution < 1.29 is 28.5 Å². The minimum atomic E-state index is -0.530. The highest BCUT2D eigenvalue weighted by Gasteiger charge is 2.65. The fourth-order valence-electron chi connectivity index (χ4n) is 10.4. The van der Waals surface area contributed by atoms with Gasteiger partial charge in [0.15, 0.2) is 0 Å². The molecule has 4 rings (SSSR count). The number of hydrogen-bond donors (Lipinski definition) is 2. The van der Waals surface area contributed by atoms with Gasteiger partial charge in [-0.2, -0.15) is 0 Å². The summed E-state index contributed by atoms with van der Waals surface area (Å²) in [5.74, 6) is 2.97. The van der Waals surface area contributed by atoms with E-state index < -0.39 is 17.7 Å². The Labute approximate surface area is 285 Å². The summed E-state index contributed by atoms with van der Waals surface area (Å²) in [6, 6.07) is 0. The summed E-state index contributed by atoms with van der Waals surface area (Å²) in [5, 5.41) is 11.7. The lowest BCUT2D eigenvalue weighted by atomic mass is 9.41. The van der Waals surface area contributed by atoms with Crippen molar-refractivity contribution >= 4 is 18.3 Å². The number of carbonyl (C=O) groups is 2. The van der Waals surface area contributed by atoms with Crippen molar-refractivity contribution in [3.05, 3.63) is 11.6 Å². The van der Waals surface area contributed by atoms with Crippen LogP contribution in [-0.2, 0) is 23.7 Å². The zero-order chi connectivity index (χ0) is 34.5. The summed E-state index contributed by atoms with van der Waals surface area (Å²) < 4.78 is 21.9. The average Bonchev–Trinajstić information content (AvgIpc) is 3.35. The molecule has 47 heavy (non-hydrogen) atoms. The number of carbonyl (C=O) groups excluding carboxylic acids is 2. The van der Waals surface area contributed by atoms with Crippen molar-refractivity contribution in [2.75, 3.05) is 33.0 Å². The van der Waals surface area contributed by atoms with E-state index in [4.69, 9.17) is 24.4 Å². The predicted octanol–water partition coefficient (Wildman–Crippen LogP) is 8.52. The van der Waals surface area contributed by atoms with E-state index in [1.165, 1.54) is 50.5 Å². The second kappa shape index (κ2) is 15.7. The minimum absolute atomic E-state index is 0.0521. The molecule has 3 unspecified atom stereocenters. The first kappa shape index (κ1) is 37.9. The molecule has 0 aromatic heterocycles. The summed E-state index contributed by atoms with van der Waals surface area (Å²) in [4.78, 5) is 24.3. The number of allylic oxidation sites excluding steroid dienone is 1.